The standard InChI is InChI=1S/C24H27N5O/c1-19(22-9-5-6-12-26-22)29(18-20-7-3-2-4-8-20)24(30)21-10-15-28(16-11-21)23-17-25-13-14-27-23/h2-9,12-14,17,19,21H,10-11,15-16,18H2,1H3. The molecule has 0 aliphatic carbocycles. The number of nitrogens with zero attached hydrogens (tertiary/aromatic N) is 5. The van der Waals surface area contributed by atoms with Gasteiger partial charge in [0.15, 0.2) is 0 Å². The van der Waals surface area contributed by atoms with Crippen molar-refractivity contribution < 1.29 is 4.79 Å². The summed E-state index contributed by atoms with van der Waals surface area (Å²) in [6.07, 6.45) is 8.59. The molecule has 0 spiro atoms. The number of aromatic nitrogens is 3. The molecule has 1 fully saturated rings. The van der Waals surface area contributed by atoms with E-state index in [2.05, 4.69) is 38.9 Å². The van der Waals surface area contributed by atoms with E-state index in [9.17, 15) is 4.79 Å². The quantitative estimate of drug-likeness (QED) is 0.627. The van der Waals surface area contributed by atoms with Gasteiger partial charge in [0, 0.05) is 44.1 Å². The van der Waals surface area contributed by atoms with Crippen LogP contribution >= 0.6 is 0 Å². The Morgan fingerprint density at radius 3 is 2.47 bits per heavy atom. The molecule has 1 amide bonds. The molecule has 30 heavy (non-hydrogen) atoms. The first kappa shape index (κ1) is 20.0. The van der Waals surface area contributed by atoms with E-state index in [1.165, 1.54) is 0 Å². The monoisotopic (exact) mass is 401 g/mol. The zero-order chi connectivity index (χ0) is 20.8. The molecule has 2 aromatic heterocycles. The number of hydrogen-bond donors (Lipinski definition) is 0. The molecule has 1 aliphatic heterocycles. The number of hydrogen-bond acceptors (Lipinski definition) is 5. The molecular weight excluding hydrogens is 374 g/mol. The average Bonchev–Trinajstić information content (AvgIpc) is 2.83. The molecule has 154 valence electrons. The number of anilines is 1. The Morgan fingerprint density at radius 2 is 1.80 bits per heavy atom. The normalized spacial score (nSPS) is 15.6. The lowest BCUT2D eigenvalue weighted by Gasteiger charge is -2.37. The van der Waals surface area contributed by atoms with Crippen molar-refractivity contribution in [3.63, 3.8) is 0 Å². The van der Waals surface area contributed by atoms with Crippen LogP contribution in [0.4, 0.5) is 5.82 Å². The van der Waals surface area contributed by atoms with Gasteiger partial charge in [0.25, 0.3) is 0 Å². The van der Waals surface area contributed by atoms with Crippen LogP contribution in [0.25, 0.3) is 0 Å². The van der Waals surface area contributed by atoms with Crippen molar-refractivity contribution in [2.75, 3.05) is 18.0 Å². The molecule has 3 heterocycles. The summed E-state index contributed by atoms with van der Waals surface area (Å²) in [5.74, 6) is 1.09. The summed E-state index contributed by atoms with van der Waals surface area (Å²) in [7, 11) is 0. The molecule has 0 bridgehead atoms. The van der Waals surface area contributed by atoms with Gasteiger partial charge in [-0.25, -0.2) is 4.98 Å². The van der Waals surface area contributed by atoms with E-state index in [4.69, 9.17) is 0 Å². The van der Waals surface area contributed by atoms with E-state index in [-0.39, 0.29) is 17.9 Å². The maximum atomic E-state index is 13.6. The fourth-order valence-corrected chi connectivity index (χ4v) is 4.01. The van der Waals surface area contributed by atoms with E-state index < -0.39 is 0 Å². The largest absolute Gasteiger partial charge is 0.355 e. The van der Waals surface area contributed by atoms with Crippen LogP contribution in [-0.4, -0.2) is 38.8 Å². The minimum atomic E-state index is -0.0862. The second-order valence-electron chi connectivity index (χ2n) is 7.71. The van der Waals surface area contributed by atoms with Crippen molar-refractivity contribution in [1.29, 1.82) is 0 Å². The lowest BCUT2D eigenvalue weighted by molar-refractivity contribution is -0.139. The molecule has 6 nitrogen and oxygen atoms in total. The van der Waals surface area contributed by atoms with Crippen LogP contribution in [0.5, 0.6) is 0 Å². The first-order valence-corrected chi connectivity index (χ1v) is 10.5. The van der Waals surface area contributed by atoms with Crippen LogP contribution in [0.2, 0.25) is 0 Å². The van der Waals surface area contributed by atoms with Gasteiger partial charge in [0.05, 0.1) is 17.9 Å². The number of rotatable bonds is 6. The van der Waals surface area contributed by atoms with Gasteiger partial charge in [-0.1, -0.05) is 36.4 Å². The second-order valence-corrected chi connectivity index (χ2v) is 7.71. The smallest absolute Gasteiger partial charge is 0.226 e. The molecular formula is C24H27N5O. The minimum absolute atomic E-state index is 0.00722. The number of amides is 1. The molecule has 1 atom stereocenters. The Morgan fingerprint density at radius 1 is 1.03 bits per heavy atom. The van der Waals surface area contributed by atoms with Gasteiger partial charge in [0.2, 0.25) is 5.91 Å². The van der Waals surface area contributed by atoms with Crippen molar-refractivity contribution in [3.8, 4) is 0 Å². The zero-order valence-corrected chi connectivity index (χ0v) is 17.3. The molecule has 1 aromatic carbocycles. The van der Waals surface area contributed by atoms with Gasteiger partial charge in [-0.2, -0.15) is 0 Å². The summed E-state index contributed by atoms with van der Waals surface area (Å²) >= 11 is 0. The maximum absolute atomic E-state index is 13.6. The van der Waals surface area contributed by atoms with Crippen LogP contribution in [0, 0.1) is 5.92 Å². The molecule has 1 saturated heterocycles. The molecule has 6 heteroatoms. The van der Waals surface area contributed by atoms with E-state index in [0.717, 1.165) is 43.0 Å². The van der Waals surface area contributed by atoms with Crippen molar-refractivity contribution in [2.24, 2.45) is 5.92 Å². The van der Waals surface area contributed by atoms with Crippen LogP contribution in [0.3, 0.4) is 0 Å². The Bertz CT molecular complexity index is 928. The lowest BCUT2D eigenvalue weighted by Crippen LogP contribution is -2.43. The number of pyridine rings is 1. The van der Waals surface area contributed by atoms with E-state index in [1.54, 1.807) is 24.8 Å². The van der Waals surface area contributed by atoms with Crippen molar-refractivity contribution in [2.45, 2.75) is 32.4 Å². The number of benzene rings is 1. The number of carbonyl (C=O) groups excluding carboxylic acids is 1. The first-order chi connectivity index (χ1) is 14.7. The molecule has 1 aliphatic rings. The average molecular weight is 402 g/mol. The third-order valence-electron chi connectivity index (χ3n) is 5.78. The topological polar surface area (TPSA) is 62.2 Å². The molecule has 0 radical (unpaired) electrons. The molecule has 0 N–H and O–H groups in total. The van der Waals surface area contributed by atoms with Gasteiger partial charge >= 0.3 is 0 Å². The summed E-state index contributed by atoms with van der Waals surface area (Å²) in [6.45, 7) is 4.28. The molecule has 3 aromatic rings. The Labute approximate surface area is 177 Å². The number of carbonyl (C=O) groups is 1. The predicted octanol–water partition coefficient (Wildman–Crippen LogP) is 3.88. The van der Waals surface area contributed by atoms with Gasteiger partial charge in [0.1, 0.15) is 5.82 Å². The summed E-state index contributed by atoms with van der Waals surface area (Å²) in [5.41, 5.74) is 2.05. The highest BCUT2D eigenvalue weighted by atomic mass is 16.2. The van der Waals surface area contributed by atoms with Crippen molar-refractivity contribution >= 4 is 11.7 Å². The Hall–Kier alpha value is -3.28. The van der Waals surface area contributed by atoms with Crippen molar-refractivity contribution in [1.82, 2.24) is 19.9 Å². The van der Waals surface area contributed by atoms with Gasteiger partial charge < -0.3 is 9.80 Å². The number of piperidine rings is 1. The predicted molar refractivity (Wildman–Crippen MR) is 117 cm³/mol. The second kappa shape index (κ2) is 9.48. The van der Waals surface area contributed by atoms with E-state index in [0.29, 0.717) is 6.54 Å². The highest BCUT2D eigenvalue weighted by Crippen LogP contribution is 2.28. The van der Waals surface area contributed by atoms with Crippen LogP contribution in [-0.2, 0) is 11.3 Å². The van der Waals surface area contributed by atoms with Gasteiger partial charge in [-0.15, -0.1) is 0 Å². The highest BCUT2D eigenvalue weighted by molar-refractivity contribution is 5.79. The maximum Gasteiger partial charge on any atom is 0.226 e. The highest BCUT2D eigenvalue weighted by Gasteiger charge is 2.32. The van der Waals surface area contributed by atoms with Gasteiger partial charge in [-0.3, -0.25) is 14.8 Å². The SMILES string of the molecule is CC(c1ccccn1)N(Cc1ccccc1)C(=O)C1CCN(c2cnccn2)CC1. The summed E-state index contributed by atoms with van der Waals surface area (Å²) in [4.78, 5) is 30.9. The third-order valence-corrected chi connectivity index (χ3v) is 5.78. The van der Waals surface area contributed by atoms with E-state index >= 15 is 0 Å². The summed E-state index contributed by atoms with van der Waals surface area (Å²) in [5, 5.41) is 0. The fourth-order valence-electron chi connectivity index (χ4n) is 4.01. The van der Waals surface area contributed by atoms with Gasteiger partial charge in [-0.05, 0) is 37.5 Å². The minimum Gasteiger partial charge on any atom is -0.355 e. The van der Waals surface area contributed by atoms with Crippen LogP contribution in [0.15, 0.2) is 73.3 Å². The fraction of sp³-hybridized carbons (Fsp3) is 0.333. The first-order valence-electron chi connectivity index (χ1n) is 10.5. The molecule has 0 saturated carbocycles. The Balaban J connectivity index is 1.49. The summed E-state index contributed by atoms with van der Waals surface area (Å²) in [6, 6.07) is 16.0. The van der Waals surface area contributed by atoms with E-state index in [1.807, 2.05) is 41.3 Å². The zero-order valence-electron chi connectivity index (χ0n) is 17.3. The summed E-state index contributed by atoms with van der Waals surface area (Å²) < 4.78 is 0. The molecule has 4 rings (SSSR count). The Kier molecular flexibility index (Phi) is 6.32. The third kappa shape index (κ3) is 4.64. The van der Waals surface area contributed by atoms with Crippen molar-refractivity contribution in [3.05, 3.63) is 84.6 Å². The molecule has 1 unspecified atom stereocenters. The van der Waals surface area contributed by atoms with Crippen LogP contribution < -0.4 is 4.90 Å². The lowest BCUT2D eigenvalue weighted by atomic mass is 9.94. The van der Waals surface area contributed by atoms with Crippen LogP contribution in [0.1, 0.15) is 37.1 Å².